The zero-order chi connectivity index (χ0) is 27.4. The Morgan fingerprint density at radius 2 is 1.79 bits per heavy atom. The van der Waals surface area contributed by atoms with Crippen molar-refractivity contribution in [1.29, 1.82) is 0 Å². The maximum atomic E-state index is 12.5. The molecule has 6 rings (SSSR count). The average Bonchev–Trinajstić information content (AvgIpc) is 3.64. The number of hydrogen-bond donors (Lipinski definition) is 2. The first-order valence-electron chi connectivity index (χ1n) is 13.0. The number of rotatable bonds is 6. The highest BCUT2D eigenvalue weighted by Gasteiger charge is 2.34. The number of carbonyl (C=O) groups excluding carboxylic acids is 3. The smallest absolute Gasteiger partial charge is 0.272 e. The van der Waals surface area contributed by atoms with Crippen molar-refractivity contribution in [3.05, 3.63) is 65.9 Å². The van der Waals surface area contributed by atoms with Crippen molar-refractivity contribution in [2.75, 3.05) is 25.0 Å². The van der Waals surface area contributed by atoms with Gasteiger partial charge in [-0.3, -0.25) is 19.4 Å². The van der Waals surface area contributed by atoms with Crippen LogP contribution in [0, 0.1) is 6.92 Å². The van der Waals surface area contributed by atoms with Gasteiger partial charge in [0.2, 0.25) is 5.91 Å². The van der Waals surface area contributed by atoms with Crippen molar-refractivity contribution in [2.24, 2.45) is 0 Å². The van der Waals surface area contributed by atoms with E-state index in [2.05, 4.69) is 20.3 Å². The molecular formula is C28H30N6O5. The number of aromatic hydroxyl groups is 1. The van der Waals surface area contributed by atoms with E-state index < -0.39 is 5.91 Å². The summed E-state index contributed by atoms with van der Waals surface area (Å²) < 4.78 is 5.70. The number of phenolic OH excluding ortho intramolecular Hbond substituents is 1. The molecule has 2 saturated heterocycles. The molecule has 1 aliphatic carbocycles. The van der Waals surface area contributed by atoms with E-state index in [1.54, 1.807) is 24.0 Å². The Kier molecular flexibility index (Phi) is 7.67. The van der Waals surface area contributed by atoms with Gasteiger partial charge in [0, 0.05) is 43.7 Å². The Morgan fingerprint density at radius 3 is 2.38 bits per heavy atom. The van der Waals surface area contributed by atoms with Crippen LogP contribution < -0.4 is 10.1 Å². The number of nitrogens with zero attached hydrogens (tertiary/aromatic N) is 5. The van der Waals surface area contributed by atoms with Crippen LogP contribution in [0.5, 0.6) is 17.2 Å². The third kappa shape index (κ3) is 6.67. The minimum atomic E-state index is -0.470. The largest absolute Gasteiger partial charge is 0.508 e. The highest BCUT2D eigenvalue weighted by molar-refractivity contribution is 6.04. The molecule has 3 fully saturated rings. The second-order valence-corrected chi connectivity index (χ2v) is 9.76. The van der Waals surface area contributed by atoms with Crippen molar-refractivity contribution in [3.63, 3.8) is 0 Å². The lowest BCUT2D eigenvalue weighted by Crippen LogP contribution is -2.42. The summed E-state index contributed by atoms with van der Waals surface area (Å²) in [7, 11) is 0. The van der Waals surface area contributed by atoms with Gasteiger partial charge in [0.25, 0.3) is 11.8 Å². The average molecular weight is 531 g/mol. The van der Waals surface area contributed by atoms with Crippen LogP contribution in [0.15, 0.2) is 48.9 Å². The summed E-state index contributed by atoms with van der Waals surface area (Å²) in [6.07, 6.45) is 9.83. The number of ether oxygens (including phenoxy) is 1. The fraction of sp³-hybridized carbons (Fsp3) is 0.357. The maximum Gasteiger partial charge on any atom is 0.272 e. The lowest BCUT2D eigenvalue weighted by Gasteiger charge is -2.30. The number of pyridine rings is 1. The Morgan fingerprint density at radius 1 is 0.974 bits per heavy atom. The molecule has 202 valence electrons. The molecule has 2 N–H and O–H groups in total. The van der Waals surface area contributed by atoms with E-state index in [-0.39, 0.29) is 23.0 Å². The van der Waals surface area contributed by atoms with E-state index in [1.807, 2.05) is 4.90 Å². The molecule has 0 unspecified atom stereocenters. The van der Waals surface area contributed by atoms with Crippen LogP contribution in [-0.4, -0.2) is 73.3 Å². The monoisotopic (exact) mass is 530 g/mol. The summed E-state index contributed by atoms with van der Waals surface area (Å²) in [5, 5.41) is 12.6. The number of amides is 3. The summed E-state index contributed by atoms with van der Waals surface area (Å²) in [4.78, 5) is 51.7. The standard InChI is InChI=1S/C21H19N5O4.C7H11NO/c1-13-10-24-19(12-22-13)25-20(28)14-7-15(27)9-17(8-14)30-16-3-4-18(23-11-16)21(29)26-5-2-6-26;9-7-2-1-5-8(7)6-3-4-6/h3-4,7-12,27H,2,5-6H2,1H3,(H,24,25,28);6H,1-5H2. The summed E-state index contributed by atoms with van der Waals surface area (Å²) in [6.45, 7) is 4.32. The first-order valence-corrected chi connectivity index (χ1v) is 13.0. The van der Waals surface area contributed by atoms with Crippen molar-refractivity contribution in [1.82, 2.24) is 24.8 Å². The Labute approximate surface area is 225 Å². The number of phenols is 1. The number of likely N-dealkylation sites (tertiary alicyclic amines) is 2. The molecule has 4 heterocycles. The van der Waals surface area contributed by atoms with Gasteiger partial charge < -0.3 is 25.0 Å². The fourth-order valence-electron chi connectivity index (χ4n) is 4.24. The number of benzene rings is 1. The van der Waals surface area contributed by atoms with Gasteiger partial charge in [-0.15, -0.1) is 0 Å². The minimum absolute atomic E-state index is 0.108. The van der Waals surface area contributed by atoms with Crippen LogP contribution in [0.1, 0.15) is 58.6 Å². The maximum absolute atomic E-state index is 12.5. The van der Waals surface area contributed by atoms with Crippen molar-refractivity contribution in [3.8, 4) is 17.2 Å². The van der Waals surface area contributed by atoms with Gasteiger partial charge in [-0.2, -0.15) is 0 Å². The lowest BCUT2D eigenvalue weighted by molar-refractivity contribution is -0.128. The molecular weight excluding hydrogens is 500 g/mol. The topological polar surface area (TPSA) is 138 Å². The van der Waals surface area contributed by atoms with Crippen LogP contribution >= 0.6 is 0 Å². The predicted octanol–water partition coefficient (Wildman–Crippen LogP) is 3.55. The predicted molar refractivity (Wildman–Crippen MR) is 142 cm³/mol. The van der Waals surface area contributed by atoms with Gasteiger partial charge in [-0.1, -0.05) is 0 Å². The summed E-state index contributed by atoms with van der Waals surface area (Å²) >= 11 is 0. The molecule has 2 aliphatic heterocycles. The van der Waals surface area contributed by atoms with Gasteiger partial charge in [0.05, 0.1) is 24.3 Å². The SMILES string of the molecule is Cc1cnc(NC(=O)c2cc(O)cc(Oc3ccc(C(=O)N4CCC4)nc3)c2)cn1.O=C1CCCN1C1CC1. The van der Waals surface area contributed by atoms with Gasteiger partial charge in [-0.05, 0) is 56.9 Å². The van der Waals surface area contributed by atoms with Crippen LogP contribution in [0.25, 0.3) is 0 Å². The molecule has 0 atom stereocenters. The van der Waals surface area contributed by atoms with E-state index >= 15 is 0 Å². The van der Waals surface area contributed by atoms with Crippen LogP contribution in [-0.2, 0) is 4.79 Å². The van der Waals surface area contributed by atoms with Gasteiger partial charge in [0.1, 0.15) is 22.9 Å². The number of anilines is 1. The Balaban J connectivity index is 0.000000287. The zero-order valence-corrected chi connectivity index (χ0v) is 21.7. The minimum Gasteiger partial charge on any atom is -0.508 e. The van der Waals surface area contributed by atoms with Crippen molar-refractivity contribution < 1.29 is 24.2 Å². The number of aryl methyl sites for hydroxylation is 1. The Hall–Kier alpha value is -4.54. The number of carbonyl (C=O) groups is 3. The van der Waals surface area contributed by atoms with E-state index in [0.717, 1.165) is 44.6 Å². The molecule has 39 heavy (non-hydrogen) atoms. The molecule has 11 heteroatoms. The van der Waals surface area contributed by atoms with Crippen LogP contribution in [0.2, 0.25) is 0 Å². The molecule has 1 saturated carbocycles. The number of aromatic nitrogens is 3. The van der Waals surface area contributed by atoms with E-state index in [4.69, 9.17) is 4.74 Å². The van der Waals surface area contributed by atoms with E-state index in [1.165, 1.54) is 49.6 Å². The molecule has 0 spiro atoms. The molecule has 0 bridgehead atoms. The van der Waals surface area contributed by atoms with Gasteiger partial charge >= 0.3 is 0 Å². The number of nitrogens with one attached hydrogen (secondary N) is 1. The van der Waals surface area contributed by atoms with Crippen LogP contribution in [0.4, 0.5) is 5.82 Å². The number of hydrogen-bond acceptors (Lipinski definition) is 8. The molecule has 11 nitrogen and oxygen atoms in total. The summed E-state index contributed by atoms with van der Waals surface area (Å²) in [5.41, 5.74) is 1.26. The van der Waals surface area contributed by atoms with E-state index in [9.17, 15) is 19.5 Å². The molecule has 0 radical (unpaired) electrons. The zero-order valence-electron chi connectivity index (χ0n) is 21.7. The first-order chi connectivity index (χ1) is 18.9. The third-order valence-corrected chi connectivity index (χ3v) is 6.61. The van der Waals surface area contributed by atoms with Gasteiger partial charge in [-0.25, -0.2) is 9.97 Å². The molecule has 2 aromatic heterocycles. The third-order valence-electron chi connectivity index (χ3n) is 6.61. The van der Waals surface area contributed by atoms with Gasteiger partial charge in [0.15, 0.2) is 5.82 Å². The first kappa shape index (κ1) is 26.1. The second-order valence-electron chi connectivity index (χ2n) is 9.76. The van der Waals surface area contributed by atoms with Crippen molar-refractivity contribution in [2.45, 2.75) is 45.1 Å². The molecule has 3 aliphatic rings. The second kappa shape index (κ2) is 11.5. The molecule has 1 aromatic carbocycles. The summed E-state index contributed by atoms with van der Waals surface area (Å²) in [6, 6.07) is 8.03. The Bertz CT molecular complexity index is 1350. The summed E-state index contributed by atoms with van der Waals surface area (Å²) in [5.74, 6) is 0.590. The highest BCUT2D eigenvalue weighted by atomic mass is 16.5. The lowest BCUT2D eigenvalue weighted by atomic mass is 10.2. The highest BCUT2D eigenvalue weighted by Crippen LogP contribution is 2.30. The molecule has 3 amide bonds. The van der Waals surface area contributed by atoms with Crippen molar-refractivity contribution >= 4 is 23.5 Å². The van der Waals surface area contributed by atoms with E-state index in [0.29, 0.717) is 29.2 Å². The molecule has 3 aromatic rings. The van der Waals surface area contributed by atoms with Crippen LogP contribution in [0.3, 0.4) is 0 Å². The quantitative estimate of drug-likeness (QED) is 0.494. The fourth-order valence-corrected chi connectivity index (χ4v) is 4.24. The normalized spacial score (nSPS) is 16.2.